The van der Waals surface area contributed by atoms with E-state index in [0.717, 1.165) is 0 Å². The molecule has 0 radical (unpaired) electrons. The van der Waals surface area contributed by atoms with Gasteiger partial charge in [0.2, 0.25) is 11.8 Å². The van der Waals surface area contributed by atoms with E-state index < -0.39 is 0 Å². The molecule has 0 aliphatic carbocycles. The second kappa shape index (κ2) is 14.1. The number of hydrogen-bond acceptors (Lipinski definition) is 3. The molecule has 2 amide bonds. The van der Waals surface area contributed by atoms with Gasteiger partial charge in [-0.05, 0) is 26.7 Å². The van der Waals surface area contributed by atoms with Crippen LogP contribution in [0.15, 0.2) is 12.3 Å². The molecule has 5 nitrogen and oxygen atoms in total. The minimum absolute atomic E-state index is 0. The van der Waals surface area contributed by atoms with Crippen molar-refractivity contribution in [2.75, 3.05) is 0 Å². The molecule has 0 bridgehead atoms. The number of carbonyl (C=O) groups excluding carboxylic acids is 2. The summed E-state index contributed by atoms with van der Waals surface area (Å²) in [5.41, 5.74) is 0.650. The molecular weight excluding hydrogens is 504 g/mol. The van der Waals surface area contributed by atoms with Crippen molar-refractivity contribution in [3.05, 3.63) is 12.3 Å². The van der Waals surface area contributed by atoms with Crippen LogP contribution >= 0.6 is 0 Å². The Kier molecular flexibility index (Phi) is 17.0. The zero-order valence-corrected chi connectivity index (χ0v) is 19.5. The summed E-state index contributed by atoms with van der Waals surface area (Å²) in [6, 6.07) is -0.474. The predicted molar refractivity (Wildman–Crippen MR) is 93.0 cm³/mol. The first kappa shape index (κ1) is 26.4. The van der Waals surface area contributed by atoms with Gasteiger partial charge in [-0.1, -0.05) is 34.3 Å². The van der Waals surface area contributed by atoms with Crippen molar-refractivity contribution in [2.24, 2.45) is 5.92 Å². The van der Waals surface area contributed by atoms with E-state index in [0.29, 0.717) is 5.70 Å². The van der Waals surface area contributed by atoms with Crippen molar-refractivity contribution in [3.63, 3.8) is 0 Å². The predicted octanol–water partition coefficient (Wildman–Crippen LogP) is 2.68. The van der Waals surface area contributed by atoms with E-state index in [1.165, 1.54) is 6.92 Å². The summed E-state index contributed by atoms with van der Waals surface area (Å²) in [7, 11) is 0. The Morgan fingerprint density at radius 3 is 1.73 bits per heavy atom. The molecule has 0 heterocycles. The Morgan fingerprint density at radius 1 is 0.955 bits per heavy atom. The number of nitrogens with one attached hydrogen (secondary N) is 3. The third-order valence-electron chi connectivity index (χ3n) is 2.63. The van der Waals surface area contributed by atoms with Crippen LogP contribution in [0.2, 0.25) is 0 Å². The van der Waals surface area contributed by atoms with Crippen LogP contribution in [0.1, 0.15) is 58.2 Å². The van der Waals surface area contributed by atoms with Crippen LogP contribution in [0.4, 0.5) is 0 Å². The molecule has 2 unspecified atom stereocenters. The largest absolute Gasteiger partial charge is 0.376 e. The van der Waals surface area contributed by atoms with E-state index >= 15 is 0 Å². The fourth-order valence-corrected chi connectivity index (χ4v) is 1.72. The Balaban J connectivity index is -0.000000231. The van der Waals surface area contributed by atoms with Gasteiger partial charge in [-0.2, -0.15) is 0 Å². The van der Waals surface area contributed by atoms with E-state index in [1.54, 1.807) is 6.92 Å². The van der Waals surface area contributed by atoms with E-state index in [-0.39, 0.29) is 69.8 Å². The van der Waals surface area contributed by atoms with Gasteiger partial charge in [-0.3, -0.25) is 9.59 Å². The molecule has 3 N–H and O–H groups in total. The average Bonchev–Trinajstić information content (AvgIpc) is 2.36. The van der Waals surface area contributed by atoms with Crippen LogP contribution in [0, 0.1) is 37.0 Å². The van der Waals surface area contributed by atoms with Gasteiger partial charge in [-0.25, -0.2) is 0 Å². The van der Waals surface area contributed by atoms with E-state index in [2.05, 4.69) is 22.5 Å². The standard InChI is InChI=1S/C14H27N3O2.C2H6.U.2H2/c1-8(2)13(17-12(7)18)10(5)16-11(6)14(19)15-9(3)4;1-2;;;/h8-9,11,13,16H,5H2,1-4,6-7H3,(H,15,19)(H,17,18);1-2H3;;2*1H. The summed E-state index contributed by atoms with van der Waals surface area (Å²) in [5.74, 6) is 0.00618. The molecule has 0 rings (SSSR count). The molecule has 2 atom stereocenters. The van der Waals surface area contributed by atoms with Crippen LogP contribution in [-0.4, -0.2) is 29.9 Å². The minimum Gasteiger partial charge on any atom is -0.376 e. The molecule has 132 valence electrons. The molecular formula is C16H37N3O2U. The number of amides is 2. The number of carbonyl (C=O) groups is 2. The van der Waals surface area contributed by atoms with Crippen LogP contribution in [0.3, 0.4) is 0 Å². The Hall–Kier alpha value is -0.468. The number of rotatable bonds is 7. The fraction of sp³-hybridized carbons (Fsp3) is 0.750. The normalized spacial score (nSPS) is 12.3. The molecule has 0 aromatic rings. The van der Waals surface area contributed by atoms with Crippen molar-refractivity contribution in [1.29, 1.82) is 0 Å². The van der Waals surface area contributed by atoms with Gasteiger partial charge in [0.25, 0.3) is 0 Å². The fourth-order valence-electron chi connectivity index (χ4n) is 1.72. The van der Waals surface area contributed by atoms with E-state index in [9.17, 15) is 9.59 Å². The molecule has 0 aromatic carbocycles. The van der Waals surface area contributed by atoms with E-state index in [4.69, 9.17) is 0 Å². The Bertz CT molecular complexity index is 354. The number of hydrogen-bond donors (Lipinski definition) is 3. The summed E-state index contributed by atoms with van der Waals surface area (Å²) in [4.78, 5) is 23.0. The second-order valence-electron chi connectivity index (χ2n) is 5.48. The summed E-state index contributed by atoms with van der Waals surface area (Å²) < 4.78 is 0. The SMILES string of the molecule is C=C(NC(C)C(=O)NC(C)C)C(NC(C)=O)C(C)C.CC.[HH].[HH].[U]. The average molecular weight is 542 g/mol. The zero-order valence-electron chi connectivity index (χ0n) is 15.3. The van der Waals surface area contributed by atoms with Gasteiger partial charge in [0.15, 0.2) is 0 Å². The maximum absolute atomic E-state index is 11.8. The summed E-state index contributed by atoms with van der Waals surface area (Å²) in [6.45, 7) is 19.0. The van der Waals surface area contributed by atoms with Crippen LogP contribution < -0.4 is 16.0 Å². The van der Waals surface area contributed by atoms with Gasteiger partial charge in [0.05, 0.1) is 6.04 Å². The topological polar surface area (TPSA) is 70.2 Å². The summed E-state index contributed by atoms with van der Waals surface area (Å²) in [6.07, 6.45) is 0. The summed E-state index contributed by atoms with van der Waals surface area (Å²) >= 11 is 0. The maximum Gasteiger partial charge on any atom is 0.242 e. The minimum atomic E-state index is -0.384. The molecule has 0 aromatic heterocycles. The van der Waals surface area contributed by atoms with Crippen molar-refractivity contribution in [1.82, 2.24) is 16.0 Å². The van der Waals surface area contributed by atoms with Gasteiger partial charge in [-0.15, -0.1) is 0 Å². The first-order valence-electron chi connectivity index (χ1n) is 7.68. The zero-order chi connectivity index (χ0) is 17.2. The molecule has 0 aliphatic heterocycles. The summed E-state index contributed by atoms with van der Waals surface area (Å²) in [5, 5.41) is 8.71. The second-order valence-corrected chi connectivity index (χ2v) is 5.48. The van der Waals surface area contributed by atoms with Crippen molar-refractivity contribution >= 4 is 11.8 Å². The Morgan fingerprint density at radius 2 is 1.41 bits per heavy atom. The first-order chi connectivity index (χ1) is 9.65. The molecule has 0 saturated heterocycles. The monoisotopic (exact) mass is 541 g/mol. The molecule has 0 fully saturated rings. The van der Waals surface area contributed by atoms with Crippen molar-refractivity contribution in [2.45, 2.75) is 73.5 Å². The van der Waals surface area contributed by atoms with E-state index in [1.807, 2.05) is 41.5 Å². The van der Waals surface area contributed by atoms with Gasteiger partial charge in [0.1, 0.15) is 6.04 Å². The van der Waals surface area contributed by atoms with Crippen molar-refractivity contribution in [3.8, 4) is 0 Å². The Labute approximate surface area is 162 Å². The quantitative estimate of drug-likeness (QED) is 0.465. The smallest absolute Gasteiger partial charge is 0.242 e. The molecule has 22 heavy (non-hydrogen) atoms. The van der Waals surface area contributed by atoms with Crippen LogP contribution in [0.5, 0.6) is 0 Å². The van der Waals surface area contributed by atoms with Crippen LogP contribution in [-0.2, 0) is 9.59 Å². The molecule has 0 aliphatic rings. The first-order valence-corrected chi connectivity index (χ1v) is 7.68. The third-order valence-corrected chi connectivity index (χ3v) is 2.63. The third kappa shape index (κ3) is 12.1. The molecule has 6 heteroatoms. The van der Waals surface area contributed by atoms with Gasteiger partial charge < -0.3 is 16.0 Å². The van der Waals surface area contributed by atoms with Gasteiger partial charge >= 0.3 is 0 Å². The molecule has 0 spiro atoms. The van der Waals surface area contributed by atoms with Crippen LogP contribution in [0.25, 0.3) is 0 Å². The van der Waals surface area contributed by atoms with Gasteiger partial charge in [0, 0.05) is 52.6 Å². The van der Waals surface area contributed by atoms with Crippen molar-refractivity contribution < 1.29 is 43.6 Å². The molecule has 0 saturated carbocycles. The maximum atomic E-state index is 11.8.